The van der Waals surface area contributed by atoms with Crippen molar-refractivity contribution in [2.45, 2.75) is 25.2 Å². The van der Waals surface area contributed by atoms with E-state index in [1.807, 2.05) is 13.8 Å². The molecule has 3 N–H and O–H groups in total. The fourth-order valence-corrected chi connectivity index (χ4v) is 4.16. The van der Waals surface area contributed by atoms with E-state index in [-0.39, 0.29) is 17.4 Å². The Morgan fingerprint density at radius 1 is 1.29 bits per heavy atom. The third-order valence-electron chi connectivity index (χ3n) is 3.20. The summed E-state index contributed by atoms with van der Waals surface area (Å²) in [6.45, 7) is 4.47. The lowest BCUT2D eigenvalue weighted by molar-refractivity contribution is 0.557. The lowest BCUT2D eigenvalue weighted by atomic mass is 10.2. The molecule has 0 spiro atoms. The molecule has 0 radical (unpaired) electrons. The van der Waals surface area contributed by atoms with E-state index in [0.29, 0.717) is 24.2 Å². The second-order valence-corrected chi connectivity index (χ2v) is 8.65. The SMILES string of the molecule is CC(C)CNS(=O)(=O)N1CCc2cc(S(N)(=O)=O)ccc21. The minimum Gasteiger partial charge on any atom is -0.257 e. The third kappa shape index (κ3) is 3.54. The molecule has 1 aliphatic heterocycles. The molecule has 7 nitrogen and oxygen atoms in total. The molecule has 0 unspecified atom stereocenters. The van der Waals surface area contributed by atoms with Crippen LogP contribution in [-0.2, 0) is 26.7 Å². The van der Waals surface area contributed by atoms with Crippen LogP contribution in [0, 0.1) is 5.92 Å². The number of hydrogen-bond acceptors (Lipinski definition) is 4. The number of primary sulfonamides is 1. The highest BCUT2D eigenvalue weighted by Gasteiger charge is 2.30. The van der Waals surface area contributed by atoms with Gasteiger partial charge >= 0.3 is 10.2 Å². The molecule has 0 atom stereocenters. The number of nitrogens with two attached hydrogens (primary N) is 1. The number of rotatable bonds is 5. The summed E-state index contributed by atoms with van der Waals surface area (Å²) in [4.78, 5) is -0.00404. The Hall–Kier alpha value is -1.16. The van der Waals surface area contributed by atoms with E-state index in [9.17, 15) is 16.8 Å². The number of fused-ring (bicyclic) bond motifs is 1. The summed E-state index contributed by atoms with van der Waals surface area (Å²) in [7, 11) is -7.40. The van der Waals surface area contributed by atoms with Crippen LogP contribution in [0.1, 0.15) is 19.4 Å². The molecule has 1 aromatic rings. The van der Waals surface area contributed by atoms with E-state index < -0.39 is 20.2 Å². The number of anilines is 1. The Morgan fingerprint density at radius 2 is 1.95 bits per heavy atom. The summed E-state index contributed by atoms with van der Waals surface area (Å²) in [5, 5.41) is 5.08. The van der Waals surface area contributed by atoms with Crippen LogP contribution in [0.5, 0.6) is 0 Å². The van der Waals surface area contributed by atoms with E-state index in [4.69, 9.17) is 5.14 Å². The molecular weight excluding hydrogens is 314 g/mol. The van der Waals surface area contributed by atoms with Crippen molar-refractivity contribution in [2.24, 2.45) is 11.1 Å². The van der Waals surface area contributed by atoms with Crippen molar-refractivity contribution >= 4 is 25.9 Å². The average Bonchev–Trinajstić information content (AvgIpc) is 2.79. The van der Waals surface area contributed by atoms with Crippen molar-refractivity contribution in [2.75, 3.05) is 17.4 Å². The van der Waals surface area contributed by atoms with E-state index in [2.05, 4.69) is 4.72 Å². The van der Waals surface area contributed by atoms with Gasteiger partial charge in [-0.05, 0) is 36.1 Å². The fraction of sp³-hybridized carbons (Fsp3) is 0.500. The molecule has 0 amide bonds. The summed E-state index contributed by atoms with van der Waals surface area (Å²) in [6.07, 6.45) is 0.460. The molecule has 0 aliphatic carbocycles. The highest BCUT2D eigenvalue weighted by atomic mass is 32.2. The highest BCUT2D eigenvalue weighted by Crippen LogP contribution is 2.31. The maximum Gasteiger partial charge on any atom is 0.301 e. The van der Waals surface area contributed by atoms with Gasteiger partial charge in [0.1, 0.15) is 0 Å². The van der Waals surface area contributed by atoms with Gasteiger partial charge in [-0.3, -0.25) is 4.31 Å². The maximum atomic E-state index is 12.3. The molecule has 1 heterocycles. The van der Waals surface area contributed by atoms with Gasteiger partial charge < -0.3 is 0 Å². The van der Waals surface area contributed by atoms with E-state index >= 15 is 0 Å². The lowest BCUT2D eigenvalue weighted by Crippen LogP contribution is -2.41. The van der Waals surface area contributed by atoms with Gasteiger partial charge in [-0.1, -0.05) is 13.8 Å². The molecule has 0 fully saturated rings. The summed E-state index contributed by atoms with van der Waals surface area (Å²) >= 11 is 0. The molecule has 2 rings (SSSR count). The highest BCUT2D eigenvalue weighted by molar-refractivity contribution is 7.91. The van der Waals surface area contributed by atoms with Crippen LogP contribution in [0.2, 0.25) is 0 Å². The first kappa shape index (κ1) is 16.2. The van der Waals surface area contributed by atoms with Crippen LogP contribution in [0.4, 0.5) is 5.69 Å². The zero-order valence-electron chi connectivity index (χ0n) is 11.9. The maximum absolute atomic E-state index is 12.3. The lowest BCUT2D eigenvalue weighted by Gasteiger charge is -2.20. The normalized spacial score (nSPS) is 15.5. The largest absolute Gasteiger partial charge is 0.301 e. The standard InChI is InChI=1S/C12H19N3O4S2/c1-9(2)8-14-21(18,19)15-6-5-10-7-11(20(13,16)17)3-4-12(10)15/h3-4,7,9,14H,5-6,8H2,1-2H3,(H2,13,16,17). The third-order valence-corrected chi connectivity index (χ3v) is 5.60. The molecule has 1 aliphatic rings. The van der Waals surface area contributed by atoms with Crippen LogP contribution < -0.4 is 14.2 Å². The first-order chi connectivity index (χ1) is 9.61. The predicted octanol–water partition coefficient (Wildman–Crippen LogP) is 0.187. The molecule has 9 heteroatoms. The molecule has 0 saturated heterocycles. The molecule has 1 aromatic carbocycles. The summed E-state index contributed by atoms with van der Waals surface area (Å²) < 4.78 is 51.0. The number of nitrogens with zero attached hydrogens (tertiary/aromatic N) is 1. The number of benzene rings is 1. The van der Waals surface area contributed by atoms with Gasteiger partial charge in [0.15, 0.2) is 0 Å². The van der Waals surface area contributed by atoms with Crippen LogP contribution in [0.15, 0.2) is 23.1 Å². The molecule has 118 valence electrons. The van der Waals surface area contributed by atoms with Crippen molar-refractivity contribution in [1.82, 2.24) is 4.72 Å². The zero-order chi connectivity index (χ0) is 15.8. The van der Waals surface area contributed by atoms with Gasteiger partial charge in [-0.15, -0.1) is 0 Å². The summed E-state index contributed by atoms with van der Waals surface area (Å²) in [5.41, 5.74) is 1.16. The Bertz CT molecular complexity index is 742. The van der Waals surface area contributed by atoms with Crippen LogP contribution in [0.25, 0.3) is 0 Å². The van der Waals surface area contributed by atoms with Gasteiger partial charge in [-0.2, -0.15) is 13.1 Å². The molecule has 0 aromatic heterocycles. The minimum atomic E-state index is -3.78. The van der Waals surface area contributed by atoms with Crippen LogP contribution >= 0.6 is 0 Å². The van der Waals surface area contributed by atoms with Gasteiger partial charge in [0.2, 0.25) is 10.0 Å². The van der Waals surface area contributed by atoms with Gasteiger partial charge in [0, 0.05) is 13.1 Å². The Balaban J connectivity index is 2.31. The Labute approximate surface area is 125 Å². The Kier molecular flexibility index (Phi) is 4.29. The Morgan fingerprint density at radius 3 is 2.52 bits per heavy atom. The smallest absolute Gasteiger partial charge is 0.257 e. The minimum absolute atomic E-state index is 0.00404. The first-order valence-electron chi connectivity index (χ1n) is 6.54. The van der Waals surface area contributed by atoms with Crippen LogP contribution in [-0.4, -0.2) is 29.9 Å². The number of hydrogen-bond donors (Lipinski definition) is 2. The second-order valence-electron chi connectivity index (χ2n) is 5.41. The quantitative estimate of drug-likeness (QED) is 0.801. The molecular formula is C12H19N3O4S2. The number of nitrogens with one attached hydrogen (secondary N) is 1. The zero-order valence-corrected chi connectivity index (χ0v) is 13.5. The van der Waals surface area contributed by atoms with Gasteiger partial charge in [-0.25, -0.2) is 13.6 Å². The summed E-state index contributed by atoms with van der Waals surface area (Å²) in [6, 6.07) is 4.24. The molecule has 0 bridgehead atoms. The number of sulfonamides is 1. The van der Waals surface area contributed by atoms with Crippen molar-refractivity contribution < 1.29 is 16.8 Å². The monoisotopic (exact) mass is 333 g/mol. The first-order valence-corrected chi connectivity index (χ1v) is 9.53. The second kappa shape index (κ2) is 5.56. The fourth-order valence-electron chi connectivity index (χ4n) is 2.12. The van der Waals surface area contributed by atoms with Crippen molar-refractivity contribution in [3.63, 3.8) is 0 Å². The molecule has 0 saturated carbocycles. The van der Waals surface area contributed by atoms with Crippen LogP contribution in [0.3, 0.4) is 0 Å². The topological polar surface area (TPSA) is 110 Å². The predicted molar refractivity (Wildman–Crippen MR) is 80.6 cm³/mol. The van der Waals surface area contributed by atoms with E-state index in [1.54, 1.807) is 0 Å². The van der Waals surface area contributed by atoms with Gasteiger partial charge in [0.25, 0.3) is 0 Å². The van der Waals surface area contributed by atoms with E-state index in [1.165, 1.54) is 22.5 Å². The average molecular weight is 333 g/mol. The molecule has 21 heavy (non-hydrogen) atoms. The van der Waals surface area contributed by atoms with Crippen molar-refractivity contribution in [3.8, 4) is 0 Å². The summed E-state index contributed by atoms with van der Waals surface area (Å²) in [5.74, 6) is 0.201. The van der Waals surface area contributed by atoms with Crippen molar-refractivity contribution in [3.05, 3.63) is 23.8 Å². The van der Waals surface area contributed by atoms with Crippen molar-refractivity contribution in [1.29, 1.82) is 0 Å². The van der Waals surface area contributed by atoms with Gasteiger partial charge in [0.05, 0.1) is 10.6 Å². The van der Waals surface area contributed by atoms with E-state index in [0.717, 1.165) is 0 Å².